The topological polar surface area (TPSA) is 166 Å². The second-order valence-corrected chi connectivity index (χ2v) is 17.6. The minimum atomic E-state index is -0.810. The first-order valence-corrected chi connectivity index (χ1v) is 22.9. The van der Waals surface area contributed by atoms with Crippen LogP contribution in [0.1, 0.15) is 74.7 Å². The Morgan fingerprint density at radius 3 is 1.03 bits per heavy atom. The van der Waals surface area contributed by atoms with Crippen LogP contribution in [0.5, 0.6) is 0 Å². The minimum absolute atomic E-state index is 0.0415. The third-order valence-electron chi connectivity index (χ3n) is 14.2. The van der Waals surface area contributed by atoms with Gasteiger partial charge in [0.1, 0.15) is 61.0 Å². The molecule has 63 heavy (non-hydrogen) atoms. The standard InChI is InChI=1S/C45H82O18/c1-18-26-29(60-43-38(51-14)36(49-12)32(25(8)55-43)62-45-40(53-16)37(50-13)33(47-10)27(19-2)59-45)21(4)22(5)42(58-26)61-31-24(7)56-44(39(52-15)35(31)48-11)63-34-28(20-3)57-41(54-17)23(6)30(34)46-9/h21-45H,18-20H2,1-17H3/t21-,22-,23-,24+,25-,26-,27-,28-,29+,30-,31-,32-,33-,34-,35+,36+,37+,38-,39-,40-,41+,42-,43+,44+,45-/m1/s1. The maximum absolute atomic E-state index is 6.91. The summed E-state index contributed by atoms with van der Waals surface area (Å²) in [7, 11) is 14.7. The van der Waals surface area contributed by atoms with Crippen LogP contribution >= 0.6 is 0 Å². The highest BCUT2D eigenvalue weighted by molar-refractivity contribution is 4.98. The summed E-state index contributed by atoms with van der Waals surface area (Å²) in [6.45, 7) is 16.3. The molecule has 5 aliphatic heterocycles. The van der Waals surface area contributed by atoms with Gasteiger partial charge in [-0.2, -0.15) is 0 Å². The molecule has 0 N–H and O–H groups in total. The van der Waals surface area contributed by atoms with Gasteiger partial charge in [-0.25, -0.2) is 0 Å². The third kappa shape index (κ3) is 11.1. The van der Waals surface area contributed by atoms with E-state index in [1.54, 1.807) is 64.0 Å². The van der Waals surface area contributed by atoms with Crippen molar-refractivity contribution in [2.75, 3.05) is 64.0 Å². The maximum atomic E-state index is 6.91. The first-order valence-electron chi connectivity index (χ1n) is 22.9. The highest BCUT2D eigenvalue weighted by Gasteiger charge is 2.56. The Morgan fingerprint density at radius 1 is 0.270 bits per heavy atom. The number of hydrogen-bond acceptors (Lipinski definition) is 18. The van der Waals surface area contributed by atoms with Gasteiger partial charge in [-0.05, 0) is 39.0 Å². The molecular formula is C45H82O18. The van der Waals surface area contributed by atoms with E-state index in [-0.39, 0.29) is 54.4 Å². The zero-order valence-corrected chi connectivity index (χ0v) is 40.9. The zero-order chi connectivity index (χ0) is 46.3. The summed E-state index contributed by atoms with van der Waals surface area (Å²) in [4.78, 5) is 0. The summed E-state index contributed by atoms with van der Waals surface area (Å²) in [5.41, 5.74) is 0. The number of rotatable bonds is 20. The van der Waals surface area contributed by atoms with Gasteiger partial charge in [0.15, 0.2) is 31.5 Å². The molecule has 0 unspecified atom stereocenters. The van der Waals surface area contributed by atoms with Crippen molar-refractivity contribution in [3.63, 3.8) is 0 Å². The van der Waals surface area contributed by atoms with E-state index in [1.807, 2.05) is 34.6 Å². The SMILES string of the molecule is CC[C@H]1O[C@H](O[C@H]2[C@H](OC)[C@@H](OC)[C@H](O[C@H]3[C@H](OC)[C@@H](C)[C@@H](OC)O[C@@H]3CC)O[C@H]2C)[C@H](C)[C@@H](C)[C@@H]1O[C@@H]1O[C@H](C)[C@@H](O[C@H]2O[C@H](CC)[C@@H](OC)[C@H](OC)[C@H]2OC)[C@H](OC)[C@H]1OC. The Kier molecular flexibility index (Phi) is 20.7. The van der Waals surface area contributed by atoms with Crippen molar-refractivity contribution < 1.29 is 85.3 Å². The van der Waals surface area contributed by atoms with E-state index in [0.717, 1.165) is 0 Å². The average molecular weight is 911 g/mol. The van der Waals surface area contributed by atoms with Gasteiger partial charge in [0.2, 0.25) is 0 Å². The molecule has 5 rings (SSSR count). The van der Waals surface area contributed by atoms with Crippen LogP contribution in [-0.2, 0) is 85.3 Å². The third-order valence-corrected chi connectivity index (χ3v) is 14.2. The fourth-order valence-corrected chi connectivity index (χ4v) is 10.4. The molecule has 0 aromatic heterocycles. The number of hydrogen-bond donors (Lipinski definition) is 0. The molecule has 0 saturated carbocycles. The van der Waals surface area contributed by atoms with Crippen molar-refractivity contribution in [2.24, 2.45) is 17.8 Å². The number of methoxy groups -OCH3 is 9. The van der Waals surface area contributed by atoms with Gasteiger partial charge in [-0.3, -0.25) is 0 Å². The van der Waals surface area contributed by atoms with E-state index in [0.29, 0.717) is 19.3 Å². The van der Waals surface area contributed by atoms with Crippen molar-refractivity contribution in [1.29, 1.82) is 0 Å². The lowest BCUT2D eigenvalue weighted by molar-refractivity contribution is -0.384. The minimum Gasteiger partial charge on any atom is -0.378 e. The molecule has 18 nitrogen and oxygen atoms in total. The first kappa shape index (κ1) is 53.2. The van der Waals surface area contributed by atoms with Crippen LogP contribution in [-0.4, -0.2) is 199 Å². The summed E-state index contributed by atoms with van der Waals surface area (Å²) in [6, 6.07) is 0. The molecule has 0 amide bonds. The van der Waals surface area contributed by atoms with Crippen LogP contribution in [0.25, 0.3) is 0 Å². The second-order valence-electron chi connectivity index (χ2n) is 17.6. The molecule has 5 fully saturated rings. The van der Waals surface area contributed by atoms with E-state index in [1.165, 1.54) is 0 Å². The van der Waals surface area contributed by atoms with Crippen molar-refractivity contribution in [3.8, 4) is 0 Å². The average Bonchev–Trinajstić information content (AvgIpc) is 3.29. The molecule has 370 valence electrons. The van der Waals surface area contributed by atoms with Gasteiger partial charge in [0.25, 0.3) is 0 Å². The van der Waals surface area contributed by atoms with Crippen LogP contribution in [0.3, 0.4) is 0 Å². The van der Waals surface area contributed by atoms with Gasteiger partial charge in [0, 0.05) is 75.8 Å². The normalized spacial score (nSPS) is 48.6. The van der Waals surface area contributed by atoms with E-state index in [4.69, 9.17) is 85.3 Å². The van der Waals surface area contributed by atoms with Crippen LogP contribution in [0.2, 0.25) is 0 Å². The summed E-state index contributed by atoms with van der Waals surface area (Å²) in [5, 5.41) is 0. The van der Waals surface area contributed by atoms with Crippen molar-refractivity contribution in [3.05, 3.63) is 0 Å². The van der Waals surface area contributed by atoms with Gasteiger partial charge in [0.05, 0.1) is 42.7 Å². The lowest BCUT2D eigenvalue weighted by Gasteiger charge is -2.52. The molecule has 18 heteroatoms. The first-order chi connectivity index (χ1) is 30.3. The van der Waals surface area contributed by atoms with Gasteiger partial charge >= 0.3 is 0 Å². The van der Waals surface area contributed by atoms with Gasteiger partial charge < -0.3 is 85.3 Å². The molecule has 0 aliphatic carbocycles. The smallest absolute Gasteiger partial charge is 0.187 e. The summed E-state index contributed by atoms with van der Waals surface area (Å²) < 4.78 is 114. The van der Waals surface area contributed by atoms with Gasteiger partial charge in [-0.15, -0.1) is 0 Å². The summed E-state index contributed by atoms with van der Waals surface area (Å²) in [5.74, 6) is -0.257. The predicted octanol–water partition coefficient (Wildman–Crippen LogP) is 4.10. The molecule has 5 saturated heterocycles. The summed E-state index contributed by atoms with van der Waals surface area (Å²) >= 11 is 0. The Balaban J connectivity index is 1.27. The molecule has 0 spiro atoms. The monoisotopic (exact) mass is 911 g/mol. The highest BCUT2D eigenvalue weighted by Crippen LogP contribution is 2.42. The Labute approximate surface area is 376 Å². The van der Waals surface area contributed by atoms with Crippen LogP contribution < -0.4 is 0 Å². The number of ether oxygens (including phenoxy) is 18. The van der Waals surface area contributed by atoms with E-state index >= 15 is 0 Å². The highest BCUT2D eigenvalue weighted by atomic mass is 16.8. The molecule has 5 heterocycles. The van der Waals surface area contributed by atoms with Crippen LogP contribution in [0.4, 0.5) is 0 Å². The Morgan fingerprint density at radius 2 is 0.603 bits per heavy atom. The van der Waals surface area contributed by atoms with Crippen molar-refractivity contribution in [2.45, 2.75) is 210 Å². The lowest BCUT2D eigenvalue weighted by atomic mass is 9.83. The van der Waals surface area contributed by atoms with Crippen molar-refractivity contribution >= 4 is 0 Å². The molecule has 5 aliphatic rings. The van der Waals surface area contributed by atoms with Crippen LogP contribution in [0, 0.1) is 17.8 Å². The van der Waals surface area contributed by atoms with E-state index < -0.39 is 98.6 Å². The molecule has 0 aromatic carbocycles. The largest absolute Gasteiger partial charge is 0.378 e. The van der Waals surface area contributed by atoms with E-state index in [9.17, 15) is 0 Å². The fraction of sp³-hybridized carbons (Fsp3) is 1.00. The molecule has 0 radical (unpaired) electrons. The maximum Gasteiger partial charge on any atom is 0.187 e. The predicted molar refractivity (Wildman–Crippen MR) is 226 cm³/mol. The zero-order valence-electron chi connectivity index (χ0n) is 40.9. The summed E-state index contributed by atoms with van der Waals surface area (Å²) in [6.07, 6.45) is -9.42. The fourth-order valence-electron chi connectivity index (χ4n) is 10.4. The lowest BCUT2D eigenvalue weighted by Crippen LogP contribution is -2.65. The van der Waals surface area contributed by atoms with Gasteiger partial charge in [-0.1, -0.05) is 41.5 Å². The van der Waals surface area contributed by atoms with E-state index in [2.05, 4.69) is 20.8 Å². The second kappa shape index (κ2) is 24.5. The quantitative estimate of drug-likeness (QED) is 0.171. The molecular weight excluding hydrogens is 828 g/mol. The molecule has 0 bridgehead atoms. The molecule has 0 aromatic rings. The molecule has 25 atom stereocenters. The Bertz CT molecular complexity index is 1320. The van der Waals surface area contributed by atoms with Crippen LogP contribution in [0.15, 0.2) is 0 Å². The van der Waals surface area contributed by atoms with Crippen molar-refractivity contribution in [1.82, 2.24) is 0 Å². The Hall–Kier alpha value is -0.720.